The molecule has 1 aliphatic heterocycles. The van der Waals surface area contributed by atoms with Crippen LogP contribution in [-0.2, 0) is 9.47 Å². The van der Waals surface area contributed by atoms with Crippen molar-refractivity contribution in [2.75, 3.05) is 13.2 Å². The lowest BCUT2D eigenvalue weighted by Gasteiger charge is -2.60. The van der Waals surface area contributed by atoms with Gasteiger partial charge in [0.1, 0.15) is 0 Å². The van der Waals surface area contributed by atoms with Gasteiger partial charge in [-0.3, -0.25) is 0 Å². The Balaban J connectivity index is 1.48. The molecule has 4 nitrogen and oxygen atoms in total. The van der Waals surface area contributed by atoms with Gasteiger partial charge in [-0.05, 0) is 73.5 Å². The standard InChI is InChI=1S/C23H36O4/c1-14(24)17-6-7-18-16-5-4-15-12-23(26-10-11-27-23)9-8-21(15,2)20(16)19(25)13-22(17,18)3/h4,14,16-20,24-25H,5-13H2,1-3H3/t14?,16?,17?,18?,19?,20?,21-,22?/m0/s1. The van der Waals surface area contributed by atoms with Crippen LogP contribution in [0.3, 0.4) is 0 Å². The fraction of sp³-hybridized carbons (Fsp3) is 0.913. The van der Waals surface area contributed by atoms with E-state index in [-0.39, 0.29) is 23.0 Å². The molecule has 0 amide bonds. The van der Waals surface area contributed by atoms with Crippen molar-refractivity contribution < 1.29 is 19.7 Å². The molecule has 0 aromatic heterocycles. The number of aliphatic hydroxyl groups is 2. The highest BCUT2D eigenvalue weighted by atomic mass is 16.7. The summed E-state index contributed by atoms with van der Waals surface area (Å²) >= 11 is 0. The average molecular weight is 377 g/mol. The Morgan fingerprint density at radius 3 is 2.59 bits per heavy atom. The predicted octanol–water partition coefficient (Wildman–Crippen LogP) is 3.66. The number of ether oxygens (including phenoxy) is 2. The highest BCUT2D eigenvalue weighted by Crippen LogP contribution is 2.67. The summed E-state index contributed by atoms with van der Waals surface area (Å²) in [4.78, 5) is 0. The van der Waals surface area contributed by atoms with E-state index < -0.39 is 5.79 Å². The van der Waals surface area contributed by atoms with Gasteiger partial charge in [0.05, 0.1) is 25.4 Å². The molecule has 5 aliphatic rings. The van der Waals surface area contributed by atoms with Crippen molar-refractivity contribution in [1.29, 1.82) is 0 Å². The lowest BCUT2D eigenvalue weighted by atomic mass is 9.46. The highest BCUT2D eigenvalue weighted by Gasteiger charge is 2.63. The summed E-state index contributed by atoms with van der Waals surface area (Å²) in [6.45, 7) is 8.10. The summed E-state index contributed by atoms with van der Waals surface area (Å²) in [6.07, 6.45) is 8.99. The zero-order valence-corrected chi connectivity index (χ0v) is 17.1. The van der Waals surface area contributed by atoms with Gasteiger partial charge in [0.25, 0.3) is 0 Å². The van der Waals surface area contributed by atoms with Crippen LogP contribution in [-0.4, -0.2) is 41.4 Å². The predicted molar refractivity (Wildman–Crippen MR) is 103 cm³/mol. The van der Waals surface area contributed by atoms with Crippen molar-refractivity contribution in [2.24, 2.45) is 34.5 Å². The Bertz CT molecular complexity index is 636. The first kappa shape index (κ1) is 18.6. The molecule has 2 N–H and O–H groups in total. The molecule has 0 aromatic carbocycles. The quantitative estimate of drug-likeness (QED) is 0.686. The average Bonchev–Trinajstić information content (AvgIpc) is 3.19. The second kappa shape index (κ2) is 6.04. The highest BCUT2D eigenvalue weighted by molar-refractivity contribution is 5.27. The van der Waals surface area contributed by atoms with E-state index in [1.54, 1.807) is 0 Å². The summed E-state index contributed by atoms with van der Waals surface area (Å²) in [6, 6.07) is 0. The van der Waals surface area contributed by atoms with Gasteiger partial charge < -0.3 is 19.7 Å². The third-order valence-electron chi connectivity index (χ3n) is 9.51. The molecule has 27 heavy (non-hydrogen) atoms. The van der Waals surface area contributed by atoms with E-state index in [9.17, 15) is 10.2 Å². The maximum absolute atomic E-state index is 11.4. The number of aliphatic hydroxyl groups excluding tert-OH is 2. The summed E-state index contributed by atoms with van der Waals surface area (Å²) in [5.41, 5.74) is 1.60. The molecule has 0 bridgehead atoms. The van der Waals surface area contributed by atoms with Gasteiger partial charge in [-0.25, -0.2) is 0 Å². The monoisotopic (exact) mass is 376 g/mol. The van der Waals surface area contributed by atoms with Crippen molar-refractivity contribution >= 4 is 0 Å². The van der Waals surface area contributed by atoms with Crippen LogP contribution in [0.25, 0.3) is 0 Å². The van der Waals surface area contributed by atoms with E-state index in [1.807, 2.05) is 6.92 Å². The van der Waals surface area contributed by atoms with Crippen LogP contribution in [0.2, 0.25) is 0 Å². The Labute approximate surface area is 163 Å². The zero-order valence-electron chi connectivity index (χ0n) is 17.1. The lowest BCUT2D eigenvalue weighted by molar-refractivity contribution is -0.194. The van der Waals surface area contributed by atoms with Gasteiger partial charge in [-0.15, -0.1) is 0 Å². The van der Waals surface area contributed by atoms with Crippen molar-refractivity contribution in [3.05, 3.63) is 11.6 Å². The van der Waals surface area contributed by atoms with Gasteiger partial charge >= 0.3 is 0 Å². The molecule has 8 atom stereocenters. The van der Waals surface area contributed by atoms with Crippen LogP contribution in [0.4, 0.5) is 0 Å². The number of hydrogen-bond acceptors (Lipinski definition) is 4. The topological polar surface area (TPSA) is 58.9 Å². The molecule has 7 unspecified atom stereocenters. The van der Waals surface area contributed by atoms with Crippen LogP contribution in [0, 0.1) is 34.5 Å². The smallest absolute Gasteiger partial charge is 0.172 e. The molecule has 152 valence electrons. The Hall–Kier alpha value is -0.420. The van der Waals surface area contributed by atoms with E-state index in [0.717, 1.165) is 38.5 Å². The second-order valence-corrected chi connectivity index (χ2v) is 10.7. The van der Waals surface area contributed by atoms with Crippen LogP contribution < -0.4 is 0 Å². The largest absolute Gasteiger partial charge is 0.393 e. The summed E-state index contributed by atoms with van der Waals surface area (Å²) < 4.78 is 12.0. The van der Waals surface area contributed by atoms with E-state index in [0.29, 0.717) is 36.9 Å². The summed E-state index contributed by atoms with van der Waals surface area (Å²) in [7, 11) is 0. The van der Waals surface area contributed by atoms with Crippen molar-refractivity contribution in [2.45, 2.75) is 83.7 Å². The van der Waals surface area contributed by atoms with E-state index in [1.165, 1.54) is 12.0 Å². The van der Waals surface area contributed by atoms with E-state index in [4.69, 9.17) is 9.47 Å². The zero-order chi connectivity index (χ0) is 19.0. The third kappa shape index (κ3) is 2.49. The minimum Gasteiger partial charge on any atom is -0.393 e. The molecule has 0 radical (unpaired) electrons. The Morgan fingerprint density at radius 1 is 1.15 bits per heavy atom. The number of rotatable bonds is 1. The van der Waals surface area contributed by atoms with Gasteiger partial charge in [-0.1, -0.05) is 25.5 Å². The van der Waals surface area contributed by atoms with Crippen molar-refractivity contribution in [3.63, 3.8) is 0 Å². The molecule has 5 rings (SSSR count). The summed E-state index contributed by atoms with van der Waals surface area (Å²) in [5, 5.41) is 21.8. The molecule has 4 aliphatic carbocycles. The first-order valence-electron chi connectivity index (χ1n) is 11.1. The van der Waals surface area contributed by atoms with Crippen LogP contribution >= 0.6 is 0 Å². The Morgan fingerprint density at radius 2 is 1.89 bits per heavy atom. The Kier molecular flexibility index (Phi) is 4.16. The van der Waals surface area contributed by atoms with Gasteiger partial charge in [-0.2, -0.15) is 0 Å². The molecular formula is C23H36O4. The van der Waals surface area contributed by atoms with Gasteiger partial charge in [0.15, 0.2) is 5.79 Å². The molecule has 4 fully saturated rings. The normalized spacial score (nSPS) is 52.0. The molecule has 1 spiro atoms. The van der Waals surface area contributed by atoms with Crippen LogP contribution in [0.5, 0.6) is 0 Å². The second-order valence-electron chi connectivity index (χ2n) is 10.7. The van der Waals surface area contributed by atoms with E-state index in [2.05, 4.69) is 19.9 Å². The maximum Gasteiger partial charge on any atom is 0.172 e. The van der Waals surface area contributed by atoms with E-state index >= 15 is 0 Å². The van der Waals surface area contributed by atoms with Crippen LogP contribution in [0.1, 0.15) is 65.7 Å². The number of hydrogen-bond donors (Lipinski definition) is 2. The van der Waals surface area contributed by atoms with Crippen molar-refractivity contribution in [1.82, 2.24) is 0 Å². The number of allylic oxidation sites excluding steroid dienone is 1. The van der Waals surface area contributed by atoms with Gasteiger partial charge in [0, 0.05) is 12.8 Å². The molecule has 3 saturated carbocycles. The first-order chi connectivity index (χ1) is 12.8. The lowest BCUT2D eigenvalue weighted by Crippen LogP contribution is -2.58. The fourth-order valence-corrected chi connectivity index (χ4v) is 8.31. The SMILES string of the molecule is CC(O)C1CCC2C3CC=C4CC5(CC[C@]4(C)C3C(O)CC12C)OCCO5. The minimum atomic E-state index is -0.392. The molecule has 4 heteroatoms. The van der Waals surface area contributed by atoms with Crippen molar-refractivity contribution in [3.8, 4) is 0 Å². The third-order valence-corrected chi connectivity index (χ3v) is 9.51. The number of fused-ring (bicyclic) bond motifs is 5. The minimum absolute atomic E-state index is 0.0626. The molecule has 1 heterocycles. The van der Waals surface area contributed by atoms with Crippen LogP contribution in [0.15, 0.2) is 11.6 Å². The fourth-order valence-electron chi connectivity index (χ4n) is 8.31. The summed E-state index contributed by atoms with van der Waals surface area (Å²) in [5.74, 6) is 1.43. The maximum atomic E-state index is 11.4. The first-order valence-corrected chi connectivity index (χ1v) is 11.1. The molecular weight excluding hydrogens is 340 g/mol. The van der Waals surface area contributed by atoms with Gasteiger partial charge in [0.2, 0.25) is 0 Å². The molecule has 1 saturated heterocycles. The molecule has 0 aromatic rings.